The van der Waals surface area contributed by atoms with Gasteiger partial charge in [0.05, 0.1) is 0 Å². The zero-order chi connectivity index (χ0) is 11.3. The van der Waals surface area contributed by atoms with Gasteiger partial charge >= 0.3 is 6.98 Å². The molecule has 3 rings (SSSR count). The molecule has 0 radical (unpaired) electrons. The Kier molecular flexibility index (Phi) is 1.85. The number of benzene rings is 2. The molecule has 0 N–H and O–H groups in total. The van der Waals surface area contributed by atoms with Gasteiger partial charge in [-0.1, -0.05) is 30.3 Å². The quantitative estimate of drug-likeness (QED) is 0.649. The molecule has 0 amide bonds. The van der Waals surface area contributed by atoms with Gasteiger partial charge in [0.1, 0.15) is 0 Å². The highest BCUT2D eigenvalue weighted by molar-refractivity contribution is 6.76. The van der Waals surface area contributed by atoms with E-state index in [1.807, 2.05) is 6.07 Å². The van der Waals surface area contributed by atoms with Crippen LogP contribution in [0, 0.1) is 0 Å². The molecular weight excluding hydrogens is 212 g/mol. The Labute approximate surface area is 91.1 Å². The van der Waals surface area contributed by atoms with Crippen molar-refractivity contribution >= 4 is 23.2 Å². The largest absolute Gasteiger partial charge is 0.510 e. The normalized spacial score (nSPS) is 14.7. The van der Waals surface area contributed by atoms with E-state index in [0.29, 0.717) is 5.39 Å². The Bertz CT molecular complexity index is 562. The van der Waals surface area contributed by atoms with Crippen LogP contribution in [0.15, 0.2) is 30.3 Å². The van der Waals surface area contributed by atoms with Gasteiger partial charge in [-0.3, -0.25) is 0 Å². The maximum absolute atomic E-state index is 12.9. The van der Waals surface area contributed by atoms with Crippen LogP contribution in [0.4, 0.5) is 12.9 Å². The van der Waals surface area contributed by atoms with E-state index in [2.05, 4.69) is 0 Å². The molecule has 0 unspecified atom stereocenters. The number of hydrogen-bond acceptors (Lipinski definition) is 0. The predicted octanol–water partition coefficient (Wildman–Crippen LogP) is 2.99. The van der Waals surface area contributed by atoms with Crippen molar-refractivity contribution in [1.29, 1.82) is 0 Å². The first-order valence-electron chi connectivity index (χ1n) is 5.31. The van der Waals surface area contributed by atoms with Gasteiger partial charge in [0.25, 0.3) is 0 Å². The third-order valence-corrected chi connectivity index (χ3v) is 3.26. The lowest BCUT2D eigenvalue weighted by molar-refractivity contribution is 0.502. The smallest absolute Gasteiger partial charge is 0.445 e. The van der Waals surface area contributed by atoms with Gasteiger partial charge < -0.3 is 12.9 Å². The minimum absolute atomic E-state index is 0.375. The zero-order valence-electron chi connectivity index (χ0n) is 8.51. The van der Waals surface area contributed by atoms with Crippen LogP contribution < -0.4 is 5.46 Å². The zero-order valence-corrected chi connectivity index (χ0v) is 8.51. The van der Waals surface area contributed by atoms with E-state index in [-0.39, 0.29) is 0 Å². The molecule has 82 valence electrons. The Morgan fingerprint density at radius 1 is 0.875 bits per heavy atom. The topological polar surface area (TPSA) is 0 Å². The first-order chi connectivity index (χ1) is 7.57. The minimum Gasteiger partial charge on any atom is -0.445 e. The summed E-state index contributed by atoms with van der Waals surface area (Å²) >= 11 is 0. The average molecular weight is 221 g/mol. The van der Waals surface area contributed by atoms with E-state index in [1.165, 1.54) is 6.07 Å². The summed E-state index contributed by atoms with van der Waals surface area (Å²) in [6, 6.07) is 8.08. The van der Waals surface area contributed by atoms with Crippen molar-refractivity contribution in [2.75, 3.05) is 0 Å². The summed E-state index contributed by atoms with van der Waals surface area (Å²) < 4.78 is 38.6. The number of halogens is 3. The summed E-state index contributed by atoms with van der Waals surface area (Å²) in [5.74, 6) is 0. The summed E-state index contributed by atoms with van der Waals surface area (Å²) in [6.45, 7) is -4.92. The molecule has 16 heavy (non-hydrogen) atoms. The van der Waals surface area contributed by atoms with E-state index < -0.39 is 12.4 Å². The average Bonchev–Trinajstić information content (AvgIpc) is 2.63. The van der Waals surface area contributed by atoms with E-state index in [9.17, 15) is 12.9 Å². The second-order valence-corrected chi connectivity index (χ2v) is 4.23. The molecule has 0 bridgehead atoms. The molecule has 0 aliphatic heterocycles. The summed E-state index contributed by atoms with van der Waals surface area (Å²) in [5, 5.41) is 1.21. The Morgan fingerprint density at radius 2 is 1.56 bits per heavy atom. The number of rotatable bonds is 1. The molecule has 0 nitrogen and oxygen atoms in total. The van der Waals surface area contributed by atoms with Gasteiger partial charge in [0.2, 0.25) is 0 Å². The molecule has 0 aromatic heterocycles. The molecule has 0 spiro atoms. The second-order valence-electron chi connectivity index (χ2n) is 4.23. The van der Waals surface area contributed by atoms with Crippen molar-refractivity contribution in [1.82, 2.24) is 0 Å². The van der Waals surface area contributed by atoms with Gasteiger partial charge in [0, 0.05) is 0 Å². The Morgan fingerprint density at radius 3 is 2.25 bits per heavy atom. The third kappa shape index (κ3) is 1.25. The van der Waals surface area contributed by atoms with Gasteiger partial charge in [-0.2, -0.15) is 0 Å². The molecule has 2 aromatic carbocycles. The Balaban J connectivity index is 2.43. The SMILES string of the molecule is F[B-](F)(F)c1ccc2c3c(cccc13)CC2. The molecule has 0 fully saturated rings. The molecule has 0 saturated heterocycles. The first kappa shape index (κ1) is 9.76. The lowest BCUT2D eigenvalue weighted by Crippen LogP contribution is -2.34. The van der Waals surface area contributed by atoms with Crippen LogP contribution in [-0.2, 0) is 12.8 Å². The van der Waals surface area contributed by atoms with Crippen molar-refractivity contribution in [3.63, 3.8) is 0 Å². The van der Waals surface area contributed by atoms with Gasteiger partial charge in [-0.15, -0.1) is 5.46 Å². The summed E-state index contributed by atoms with van der Waals surface area (Å²) in [5.41, 5.74) is 1.64. The molecular formula is C12H9BF3-. The highest BCUT2D eigenvalue weighted by Crippen LogP contribution is 2.31. The molecule has 4 heteroatoms. The molecule has 1 aliphatic rings. The van der Waals surface area contributed by atoms with Gasteiger partial charge in [0.15, 0.2) is 0 Å². The molecule has 0 atom stereocenters. The Hall–Kier alpha value is -1.45. The fourth-order valence-corrected chi connectivity index (χ4v) is 2.55. The van der Waals surface area contributed by atoms with Crippen molar-refractivity contribution in [3.05, 3.63) is 41.5 Å². The second kappa shape index (κ2) is 3.03. The third-order valence-electron chi connectivity index (χ3n) is 3.26. The van der Waals surface area contributed by atoms with E-state index in [1.54, 1.807) is 18.2 Å². The lowest BCUT2D eigenvalue weighted by atomic mass is 9.76. The van der Waals surface area contributed by atoms with Crippen molar-refractivity contribution < 1.29 is 12.9 Å². The highest BCUT2D eigenvalue weighted by Gasteiger charge is 2.29. The van der Waals surface area contributed by atoms with Crippen LogP contribution in [0.5, 0.6) is 0 Å². The maximum atomic E-state index is 12.9. The maximum Gasteiger partial charge on any atom is 0.510 e. The molecule has 1 aliphatic carbocycles. The number of aryl methyl sites for hydroxylation is 2. The summed E-state index contributed by atoms with van der Waals surface area (Å²) in [6.07, 6.45) is 1.72. The van der Waals surface area contributed by atoms with Crippen LogP contribution >= 0.6 is 0 Å². The predicted molar refractivity (Wildman–Crippen MR) is 60.1 cm³/mol. The standard InChI is InChI=1S/C12H9BF3/c14-13(15,16)11-7-6-9-5-4-8-2-1-3-10(11)12(8)9/h1-3,6-7H,4-5H2/q-1. The lowest BCUT2D eigenvalue weighted by Gasteiger charge is -2.18. The number of hydrogen-bond donors (Lipinski definition) is 0. The first-order valence-corrected chi connectivity index (χ1v) is 5.31. The minimum atomic E-state index is -4.92. The highest BCUT2D eigenvalue weighted by atomic mass is 19.4. The monoisotopic (exact) mass is 221 g/mol. The van der Waals surface area contributed by atoms with Crippen LogP contribution in [0.2, 0.25) is 0 Å². The fraction of sp³-hybridized carbons (Fsp3) is 0.167. The van der Waals surface area contributed by atoms with Crippen molar-refractivity contribution in [2.24, 2.45) is 0 Å². The molecule has 0 heterocycles. The van der Waals surface area contributed by atoms with Crippen LogP contribution in [-0.4, -0.2) is 6.98 Å². The van der Waals surface area contributed by atoms with Crippen molar-refractivity contribution in [3.8, 4) is 0 Å². The van der Waals surface area contributed by atoms with Gasteiger partial charge in [-0.05, 0) is 34.7 Å². The van der Waals surface area contributed by atoms with Crippen LogP contribution in [0.25, 0.3) is 10.8 Å². The van der Waals surface area contributed by atoms with E-state index in [0.717, 1.165) is 29.4 Å². The van der Waals surface area contributed by atoms with E-state index in [4.69, 9.17) is 0 Å². The molecule has 0 saturated carbocycles. The summed E-state index contributed by atoms with van der Waals surface area (Å²) in [7, 11) is 0. The van der Waals surface area contributed by atoms with E-state index >= 15 is 0 Å². The van der Waals surface area contributed by atoms with Crippen LogP contribution in [0.3, 0.4) is 0 Å². The van der Waals surface area contributed by atoms with Gasteiger partial charge in [-0.25, -0.2) is 0 Å². The van der Waals surface area contributed by atoms with Crippen molar-refractivity contribution in [2.45, 2.75) is 12.8 Å². The fourth-order valence-electron chi connectivity index (χ4n) is 2.55. The molecule has 2 aromatic rings. The summed E-state index contributed by atoms with van der Waals surface area (Å²) in [4.78, 5) is 0. The van der Waals surface area contributed by atoms with Crippen LogP contribution in [0.1, 0.15) is 11.1 Å².